The van der Waals surface area contributed by atoms with Gasteiger partial charge in [0.05, 0.1) is 13.1 Å². The maximum Gasteiger partial charge on any atom is 0.243 e. The Morgan fingerprint density at radius 3 is 2.15 bits per heavy atom. The Morgan fingerprint density at radius 1 is 0.963 bits per heavy atom. The van der Waals surface area contributed by atoms with Crippen molar-refractivity contribution in [1.82, 2.24) is 10.6 Å². The molecule has 5 nitrogen and oxygen atoms in total. The lowest BCUT2D eigenvalue weighted by atomic mass is 10.1. The lowest BCUT2D eigenvalue weighted by molar-refractivity contribution is -0.123. The van der Waals surface area contributed by atoms with Gasteiger partial charge in [-0.1, -0.05) is 41.4 Å². The molecule has 0 spiro atoms. The molecule has 0 saturated heterocycles. The summed E-state index contributed by atoms with van der Waals surface area (Å²) in [7, 11) is 0. The summed E-state index contributed by atoms with van der Waals surface area (Å²) in [6.45, 7) is 7.95. The molecule has 144 valence electrons. The van der Waals surface area contributed by atoms with Gasteiger partial charge < -0.3 is 16.0 Å². The Balaban J connectivity index is 1.78. The number of rotatable bonds is 7. The van der Waals surface area contributed by atoms with E-state index in [1.165, 1.54) is 0 Å². The number of amides is 2. The number of carbonyl (C=O) groups excluding carboxylic acids is 2. The van der Waals surface area contributed by atoms with Crippen molar-refractivity contribution in [1.29, 1.82) is 0 Å². The third-order valence-electron chi connectivity index (χ3n) is 4.33. The number of aryl methyl sites for hydroxylation is 3. The summed E-state index contributed by atoms with van der Waals surface area (Å²) in [5.74, 6) is -0.479. The molecule has 0 saturated carbocycles. The standard InChI is InChI=1S/C21H26ClN3O2/c1-13-9-14(2)21(15(3)10-13)25-20(27)12-24-19(26)11-23-16(4)17-5-7-18(22)8-6-17/h5-10,16,23H,11-12H2,1-4H3,(H,24,26)(H,25,27)/t16-/m0/s1. The van der Waals surface area contributed by atoms with Crippen molar-refractivity contribution < 1.29 is 9.59 Å². The van der Waals surface area contributed by atoms with Gasteiger partial charge in [0.25, 0.3) is 0 Å². The van der Waals surface area contributed by atoms with E-state index in [0.717, 1.165) is 27.9 Å². The van der Waals surface area contributed by atoms with Crippen LogP contribution in [0.4, 0.5) is 5.69 Å². The lowest BCUT2D eigenvalue weighted by Gasteiger charge is -2.15. The van der Waals surface area contributed by atoms with Crippen LogP contribution in [-0.4, -0.2) is 24.9 Å². The third kappa shape index (κ3) is 6.38. The van der Waals surface area contributed by atoms with Crippen LogP contribution in [0.3, 0.4) is 0 Å². The maximum absolute atomic E-state index is 12.1. The van der Waals surface area contributed by atoms with Gasteiger partial charge in [-0.25, -0.2) is 0 Å². The van der Waals surface area contributed by atoms with Gasteiger partial charge in [0, 0.05) is 16.8 Å². The van der Waals surface area contributed by atoms with E-state index in [-0.39, 0.29) is 30.9 Å². The minimum absolute atomic E-state index is 0.000277. The minimum Gasteiger partial charge on any atom is -0.346 e. The smallest absolute Gasteiger partial charge is 0.243 e. The van der Waals surface area contributed by atoms with E-state index in [2.05, 4.69) is 16.0 Å². The van der Waals surface area contributed by atoms with Crippen LogP contribution in [0.1, 0.15) is 35.2 Å². The topological polar surface area (TPSA) is 70.2 Å². The molecule has 0 bridgehead atoms. The van der Waals surface area contributed by atoms with Crippen molar-refractivity contribution in [2.45, 2.75) is 33.7 Å². The summed E-state index contributed by atoms with van der Waals surface area (Å²) in [6.07, 6.45) is 0. The molecule has 27 heavy (non-hydrogen) atoms. The van der Waals surface area contributed by atoms with E-state index in [1.807, 2.05) is 64.1 Å². The zero-order valence-electron chi connectivity index (χ0n) is 16.2. The summed E-state index contributed by atoms with van der Waals surface area (Å²) in [5, 5.41) is 9.31. The molecule has 0 aliphatic rings. The first-order valence-electron chi connectivity index (χ1n) is 8.89. The highest BCUT2D eigenvalue weighted by Crippen LogP contribution is 2.21. The van der Waals surface area contributed by atoms with Crippen LogP contribution < -0.4 is 16.0 Å². The van der Waals surface area contributed by atoms with Crippen LogP contribution in [0.25, 0.3) is 0 Å². The summed E-state index contributed by atoms with van der Waals surface area (Å²) >= 11 is 5.88. The molecular formula is C21H26ClN3O2. The van der Waals surface area contributed by atoms with E-state index in [4.69, 9.17) is 11.6 Å². The number of hydrogen-bond donors (Lipinski definition) is 3. The highest BCUT2D eigenvalue weighted by molar-refractivity contribution is 6.30. The van der Waals surface area contributed by atoms with Gasteiger partial charge in [-0.05, 0) is 56.5 Å². The zero-order valence-corrected chi connectivity index (χ0v) is 16.9. The van der Waals surface area contributed by atoms with Crippen LogP contribution in [0.15, 0.2) is 36.4 Å². The molecule has 2 aromatic rings. The Bertz CT molecular complexity index is 796. The van der Waals surface area contributed by atoms with Crippen molar-refractivity contribution in [3.8, 4) is 0 Å². The van der Waals surface area contributed by atoms with Crippen LogP contribution >= 0.6 is 11.6 Å². The van der Waals surface area contributed by atoms with Gasteiger partial charge in [0.2, 0.25) is 11.8 Å². The van der Waals surface area contributed by atoms with Gasteiger partial charge in [-0.15, -0.1) is 0 Å². The fourth-order valence-corrected chi connectivity index (χ4v) is 3.04. The Hall–Kier alpha value is -2.37. The number of carbonyl (C=O) groups is 2. The molecule has 2 rings (SSSR count). The summed E-state index contributed by atoms with van der Waals surface area (Å²) in [6, 6.07) is 11.5. The fourth-order valence-electron chi connectivity index (χ4n) is 2.92. The number of anilines is 1. The van der Waals surface area contributed by atoms with E-state index < -0.39 is 0 Å². The van der Waals surface area contributed by atoms with Gasteiger partial charge >= 0.3 is 0 Å². The van der Waals surface area contributed by atoms with Crippen molar-refractivity contribution in [3.63, 3.8) is 0 Å². The summed E-state index contributed by atoms with van der Waals surface area (Å²) < 4.78 is 0. The van der Waals surface area contributed by atoms with Gasteiger partial charge in [-0.2, -0.15) is 0 Å². The first kappa shape index (κ1) is 20.9. The van der Waals surface area contributed by atoms with Crippen LogP contribution in [0.2, 0.25) is 5.02 Å². The minimum atomic E-state index is -0.246. The van der Waals surface area contributed by atoms with Crippen LogP contribution in [-0.2, 0) is 9.59 Å². The fraction of sp³-hybridized carbons (Fsp3) is 0.333. The molecule has 2 amide bonds. The van der Waals surface area contributed by atoms with E-state index in [0.29, 0.717) is 5.02 Å². The molecule has 1 atom stereocenters. The number of hydrogen-bond acceptors (Lipinski definition) is 3. The summed E-state index contributed by atoms with van der Waals surface area (Å²) in [4.78, 5) is 24.1. The maximum atomic E-state index is 12.1. The van der Waals surface area contributed by atoms with E-state index in [9.17, 15) is 9.59 Å². The molecule has 0 unspecified atom stereocenters. The largest absolute Gasteiger partial charge is 0.346 e. The molecule has 0 radical (unpaired) electrons. The van der Waals surface area contributed by atoms with Gasteiger partial charge in [0.1, 0.15) is 0 Å². The molecule has 0 aromatic heterocycles. The van der Waals surface area contributed by atoms with E-state index >= 15 is 0 Å². The summed E-state index contributed by atoms with van der Waals surface area (Å²) in [5.41, 5.74) is 5.00. The second-order valence-electron chi connectivity index (χ2n) is 6.75. The second kappa shape index (κ2) is 9.53. The van der Waals surface area contributed by atoms with Crippen molar-refractivity contribution in [3.05, 3.63) is 63.7 Å². The number of nitrogens with one attached hydrogen (secondary N) is 3. The molecule has 0 aliphatic heterocycles. The SMILES string of the molecule is Cc1cc(C)c(NC(=O)CNC(=O)CN[C@@H](C)c2ccc(Cl)cc2)c(C)c1. The zero-order chi connectivity index (χ0) is 20.0. The molecular weight excluding hydrogens is 362 g/mol. The van der Waals surface area contributed by atoms with Crippen molar-refractivity contribution in [2.75, 3.05) is 18.4 Å². The molecule has 0 aliphatic carbocycles. The first-order valence-corrected chi connectivity index (χ1v) is 9.27. The molecule has 3 N–H and O–H groups in total. The lowest BCUT2D eigenvalue weighted by Crippen LogP contribution is -2.39. The normalized spacial score (nSPS) is 11.7. The van der Waals surface area contributed by atoms with Gasteiger partial charge in [0.15, 0.2) is 0 Å². The Kier molecular flexibility index (Phi) is 7.39. The van der Waals surface area contributed by atoms with E-state index in [1.54, 1.807) is 0 Å². The average molecular weight is 388 g/mol. The number of benzene rings is 2. The molecule has 6 heteroatoms. The second-order valence-corrected chi connectivity index (χ2v) is 7.19. The predicted octanol–water partition coefficient (Wildman–Crippen LogP) is 3.67. The predicted molar refractivity (Wildman–Crippen MR) is 110 cm³/mol. The van der Waals surface area contributed by atoms with Crippen LogP contribution in [0, 0.1) is 20.8 Å². The van der Waals surface area contributed by atoms with Crippen molar-refractivity contribution >= 4 is 29.1 Å². The highest BCUT2D eigenvalue weighted by atomic mass is 35.5. The highest BCUT2D eigenvalue weighted by Gasteiger charge is 2.11. The first-order chi connectivity index (χ1) is 12.8. The molecule has 0 heterocycles. The quantitative estimate of drug-likeness (QED) is 0.678. The van der Waals surface area contributed by atoms with Crippen molar-refractivity contribution in [2.24, 2.45) is 0 Å². The Labute approximate surface area is 165 Å². The third-order valence-corrected chi connectivity index (χ3v) is 4.58. The van der Waals surface area contributed by atoms with Gasteiger partial charge in [-0.3, -0.25) is 9.59 Å². The molecule has 2 aromatic carbocycles. The van der Waals surface area contributed by atoms with Crippen LogP contribution in [0.5, 0.6) is 0 Å². The average Bonchev–Trinajstić information content (AvgIpc) is 2.61. The Morgan fingerprint density at radius 2 is 1.56 bits per heavy atom. The monoisotopic (exact) mass is 387 g/mol. The molecule has 0 fully saturated rings. The number of halogens is 1.